The van der Waals surface area contributed by atoms with Crippen molar-refractivity contribution in [3.63, 3.8) is 0 Å². The molecule has 0 bridgehead atoms. The molecule has 8 nitrogen and oxygen atoms in total. The van der Waals surface area contributed by atoms with Crippen molar-refractivity contribution in [1.29, 1.82) is 0 Å². The number of ether oxygens (including phenoxy) is 1. The van der Waals surface area contributed by atoms with Gasteiger partial charge in [0.1, 0.15) is 5.75 Å². The molecule has 2 N–H and O–H groups in total. The van der Waals surface area contributed by atoms with Crippen molar-refractivity contribution >= 4 is 34.7 Å². The summed E-state index contributed by atoms with van der Waals surface area (Å²) in [6, 6.07) is 21.3. The predicted molar refractivity (Wildman–Crippen MR) is 134 cm³/mol. The number of hydrazone groups is 1. The van der Waals surface area contributed by atoms with Crippen LogP contribution in [0.3, 0.4) is 0 Å². The van der Waals surface area contributed by atoms with Gasteiger partial charge in [-0.1, -0.05) is 60.3 Å². The minimum Gasteiger partial charge on any atom is -0.497 e. The molecule has 2 aromatic carbocycles. The highest BCUT2D eigenvalue weighted by molar-refractivity contribution is 7.99. The van der Waals surface area contributed by atoms with Gasteiger partial charge in [0, 0.05) is 6.42 Å². The molecule has 2 aromatic heterocycles. The van der Waals surface area contributed by atoms with Crippen LogP contribution in [0.4, 0.5) is 0 Å². The SMILES string of the molecule is COc1ccc(C2CC(c3ccccc3)=NN2C(=O)CSc2nnc(-c3cccs3)n2N)cc1. The fraction of sp³-hybridized carbons (Fsp3) is 0.167. The summed E-state index contributed by atoms with van der Waals surface area (Å²) < 4.78 is 6.71. The third-order valence-corrected chi connectivity index (χ3v) is 7.30. The Balaban J connectivity index is 1.37. The molecule has 0 spiro atoms. The molecule has 0 fully saturated rings. The summed E-state index contributed by atoms with van der Waals surface area (Å²) in [6.45, 7) is 0. The van der Waals surface area contributed by atoms with Crippen LogP contribution in [0.25, 0.3) is 10.7 Å². The van der Waals surface area contributed by atoms with Gasteiger partial charge in [-0.25, -0.2) is 9.69 Å². The van der Waals surface area contributed by atoms with Crippen LogP contribution in [-0.4, -0.2) is 44.4 Å². The Morgan fingerprint density at radius 2 is 1.91 bits per heavy atom. The lowest BCUT2D eigenvalue weighted by Crippen LogP contribution is -2.28. The number of carbonyl (C=O) groups excluding carboxylic acids is 1. The smallest absolute Gasteiger partial charge is 0.253 e. The van der Waals surface area contributed by atoms with Crippen LogP contribution < -0.4 is 10.6 Å². The van der Waals surface area contributed by atoms with Gasteiger partial charge in [0.05, 0.1) is 29.5 Å². The molecule has 3 heterocycles. The van der Waals surface area contributed by atoms with Crippen LogP contribution >= 0.6 is 23.1 Å². The van der Waals surface area contributed by atoms with E-state index in [1.807, 2.05) is 72.1 Å². The predicted octanol–water partition coefficient (Wildman–Crippen LogP) is 4.20. The molecule has 34 heavy (non-hydrogen) atoms. The van der Waals surface area contributed by atoms with Gasteiger partial charge in [0.25, 0.3) is 5.91 Å². The molecule has 4 aromatic rings. The van der Waals surface area contributed by atoms with Crippen molar-refractivity contribution in [2.24, 2.45) is 5.10 Å². The molecule has 1 aliphatic heterocycles. The van der Waals surface area contributed by atoms with E-state index in [1.165, 1.54) is 27.8 Å². The van der Waals surface area contributed by atoms with Crippen LogP contribution in [0.1, 0.15) is 23.6 Å². The monoisotopic (exact) mass is 490 g/mol. The van der Waals surface area contributed by atoms with Crippen molar-refractivity contribution in [2.75, 3.05) is 18.7 Å². The number of amides is 1. The number of benzene rings is 2. The van der Waals surface area contributed by atoms with Crippen LogP contribution in [-0.2, 0) is 4.79 Å². The van der Waals surface area contributed by atoms with Gasteiger partial charge in [0.15, 0.2) is 5.82 Å². The highest BCUT2D eigenvalue weighted by Gasteiger charge is 2.33. The fourth-order valence-corrected chi connectivity index (χ4v) is 5.19. The summed E-state index contributed by atoms with van der Waals surface area (Å²) in [5.74, 6) is 7.54. The molecule has 5 rings (SSSR count). The molecule has 10 heteroatoms. The molecule has 1 atom stereocenters. The van der Waals surface area contributed by atoms with E-state index in [2.05, 4.69) is 10.2 Å². The van der Waals surface area contributed by atoms with Gasteiger partial charge in [-0.3, -0.25) is 4.79 Å². The highest BCUT2D eigenvalue weighted by Crippen LogP contribution is 2.34. The van der Waals surface area contributed by atoms with E-state index in [9.17, 15) is 4.79 Å². The van der Waals surface area contributed by atoms with Crippen LogP contribution in [0.5, 0.6) is 5.75 Å². The maximum Gasteiger partial charge on any atom is 0.253 e. The van der Waals surface area contributed by atoms with Crippen LogP contribution in [0.15, 0.2) is 82.4 Å². The summed E-state index contributed by atoms with van der Waals surface area (Å²) >= 11 is 2.78. The first-order chi connectivity index (χ1) is 16.6. The van der Waals surface area contributed by atoms with Gasteiger partial charge in [-0.05, 0) is 34.7 Å². The van der Waals surface area contributed by atoms with Gasteiger partial charge in [0.2, 0.25) is 5.16 Å². The minimum absolute atomic E-state index is 0.127. The Morgan fingerprint density at radius 1 is 1.12 bits per heavy atom. The Bertz CT molecular complexity index is 1300. The lowest BCUT2D eigenvalue weighted by Gasteiger charge is -2.22. The molecular weight excluding hydrogens is 468 g/mol. The number of hydrogen-bond acceptors (Lipinski definition) is 8. The van der Waals surface area contributed by atoms with Gasteiger partial charge < -0.3 is 10.6 Å². The van der Waals surface area contributed by atoms with Gasteiger partial charge in [-0.15, -0.1) is 21.5 Å². The van der Waals surface area contributed by atoms with E-state index in [0.29, 0.717) is 17.4 Å². The number of nitrogen functional groups attached to an aromatic ring is 1. The summed E-state index contributed by atoms with van der Waals surface area (Å²) in [7, 11) is 1.63. The van der Waals surface area contributed by atoms with Crippen molar-refractivity contribution < 1.29 is 9.53 Å². The van der Waals surface area contributed by atoms with E-state index < -0.39 is 0 Å². The molecule has 0 saturated heterocycles. The fourth-order valence-electron chi connectivity index (χ4n) is 3.77. The molecule has 1 aliphatic rings. The lowest BCUT2D eigenvalue weighted by atomic mass is 9.98. The summed E-state index contributed by atoms with van der Waals surface area (Å²) in [4.78, 5) is 14.2. The second-order valence-corrected chi connectivity index (χ2v) is 9.48. The number of aromatic nitrogens is 3. The summed E-state index contributed by atoms with van der Waals surface area (Å²) in [5, 5.41) is 17.1. The number of rotatable bonds is 7. The standard InChI is InChI=1S/C24H22N6O2S2/c1-32-18-11-9-17(10-12-18)20-14-19(16-6-3-2-4-7-16)28-30(20)22(31)15-34-24-27-26-23(29(24)25)21-8-5-13-33-21/h2-13,20H,14-15,25H2,1H3. The lowest BCUT2D eigenvalue weighted by molar-refractivity contribution is -0.130. The summed E-state index contributed by atoms with van der Waals surface area (Å²) in [5.41, 5.74) is 2.88. The maximum absolute atomic E-state index is 13.3. The molecular formula is C24H22N6O2S2. The zero-order valence-corrected chi connectivity index (χ0v) is 20.0. The second kappa shape index (κ2) is 9.70. The zero-order valence-electron chi connectivity index (χ0n) is 18.4. The second-order valence-electron chi connectivity index (χ2n) is 7.59. The van der Waals surface area contributed by atoms with Crippen molar-refractivity contribution in [2.45, 2.75) is 17.6 Å². The van der Waals surface area contributed by atoms with E-state index >= 15 is 0 Å². The summed E-state index contributed by atoms with van der Waals surface area (Å²) in [6.07, 6.45) is 0.627. The molecule has 1 unspecified atom stereocenters. The maximum atomic E-state index is 13.3. The molecule has 0 aliphatic carbocycles. The molecule has 0 saturated carbocycles. The highest BCUT2D eigenvalue weighted by atomic mass is 32.2. The Kier molecular flexibility index (Phi) is 6.33. The number of carbonyl (C=O) groups is 1. The molecule has 172 valence electrons. The van der Waals surface area contributed by atoms with Crippen LogP contribution in [0, 0.1) is 0 Å². The number of thiophene rings is 1. The van der Waals surface area contributed by atoms with Gasteiger partial charge >= 0.3 is 0 Å². The van der Waals surface area contributed by atoms with Crippen molar-refractivity contribution in [3.05, 3.63) is 83.2 Å². The molecule has 1 amide bonds. The van der Waals surface area contributed by atoms with E-state index in [4.69, 9.17) is 15.7 Å². The topological polar surface area (TPSA) is 98.6 Å². The van der Waals surface area contributed by atoms with E-state index in [-0.39, 0.29) is 17.7 Å². The third kappa shape index (κ3) is 4.42. The number of nitrogens with two attached hydrogens (primary N) is 1. The first-order valence-electron chi connectivity index (χ1n) is 10.6. The number of nitrogens with zero attached hydrogens (tertiary/aromatic N) is 5. The minimum atomic E-state index is -0.202. The zero-order chi connectivity index (χ0) is 23.5. The largest absolute Gasteiger partial charge is 0.497 e. The molecule has 0 radical (unpaired) electrons. The van der Waals surface area contributed by atoms with E-state index in [0.717, 1.165) is 27.5 Å². The number of thioether (sulfide) groups is 1. The average molecular weight is 491 g/mol. The first kappa shape index (κ1) is 22.2. The number of hydrogen-bond donors (Lipinski definition) is 1. The van der Waals surface area contributed by atoms with Crippen LogP contribution in [0.2, 0.25) is 0 Å². The van der Waals surface area contributed by atoms with Crippen molar-refractivity contribution in [1.82, 2.24) is 19.9 Å². The Hall–Kier alpha value is -3.63. The Morgan fingerprint density at radius 3 is 2.62 bits per heavy atom. The van der Waals surface area contributed by atoms with Crippen molar-refractivity contribution in [3.8, 4) is 16.5 Å². The first-order valence-corrected chi connectivity index (χ1v) is 12.5. The average Bonchev–Trinajstić information content (AvgIpc) is 3.63. The van der Waals surface area contributed by atoms with E-state index in [1.54, 1.807) is 12.1 Å². The Labute approximate surface area is 205 Å². The normalized spacial score (nSPS) is 15.4. The number of methoxy groups -OCH3 is 1. The third-order valence-electron chi connectivity index (χ3n) is 5.50. The quantitative estimate of drug-likeness (QED) is 0.308. The van der Waals surface area contributed by atoms with Gasteiger partial charge in [-0.2, -0.15) is 5.10 Å².